The highest BCUT2D eigenvalue weighted by Crippen LogP contribution is 2.47. The third-order valence-electron chi connectivity index (χ3n) is 12.8. The largest absolute Gasteiger partial charge is 0.456 e. The van der Waals surface area contributed by atoms with E-state index in [0.29, 0.717) is 17.5 Å². The number of hydrogen-bond donors (Lipinski definition) is 0. The van der Waals surface area contributed by atoms with Crippen molar-refractivity contribution in [2.24, 2.45) is 0 Å². The third-order valence-corrected chi connectivity index (χ3v) is 12.8. The van der Waals surface area contributed by atoms with Gasteiger partial charge in [0.25, 0.3) is 0 Å². The Morgan fingerprint density at radius 3 is 1.76 bits per heavy atom. The van der Waals surface area contributed by atoms with Crippen molar-refractivity contribution in [1.82, 2.24) is 15.0 Å². The molecule has 0 fully saturated rings. The summed E-state index contributed by atoms with van der Waals surface area (Å²) in [4.78, 5) is 15.7. The van der Waals surface area contributed by atoms with E-state index in [9.17, 15) is 0 Å². The van der Waals surface area contributed by atoms with Gasteiger partial charge in [-0.2, -0.15) is 0 Å². The number of furan rings is 1. The van der Waals surface area contributed by atoms with E-state index in [2.05, 4.69) is 179 Å². The van der Waals surface area contributed by atoms with Crippen molar-refractivity contribution in [3.05, 3.63) is 175 Å². The quantitative estimate of drug-likeness (QED) is 0.175. The lowest BCUT2D eigenvalue weighted by atomic mass is 9.63. The van der Waals surface area contributed by atoms with Gasteiger partial charge in [-0.1, -0.05) is 167 Å². The molecule has 0 aliphatic heterocycles. The van der Waals surface area contributed by atoms with Gasteiger partial charge in [-0.05, 0) is 103 Å². The van der Waals surface area contributed by atoms with Crippen LogP contribution in [-0.2, 0) is 10.8 Å². The maximum absolute atomic E-state index is 6.30. The predicted octanol–water partition coefficient (Wildman–Crippen LogP) is 14.8. The van der Waals surface area contributed by atoms with E-state index in [1.807, 2.05) is 12.1 Å². The molecule has 2 aromatic heterocycles. The number of fused-ring (bicyclic) bond motifs is 6. The van der Waals surface area contributed by atoms with E-state index >= 15 is 0 Å². The second-order valence-corrected chi connectivity index (χ2v) is 17.5. The van der Waals surface area contributed by atoms with Crippen molar-refractivity contribution in [2.75, 3.05) is 0 Å². The van der Waals surface area contributed by atoms with E-state index in [0.717, 1.165) is 65.9 Å². The fraction of sp³-hybridized carbons (Fsp3) is 0.145. The zero-order chi connectivity index (χ0) is 39.9. The van der Waals surface area contributed by atoms with Crippen molar-refractivity contribution >= 4 is 43.5 Å². The number of para-hydroxylation sites is 1. The molecule has 0 spiro atoms. The molecule has 59 heavy (non-hydrogen) atoms. The third kappa shape index (κ3) is 5.93. The summed E-state index contributed by atoms with van der Waals surface area (Å²) in [5.41, 5.74) is 12.6. The minimum absolute atomic E-state index is 0.143. The summed E-state index contributed by atoms with van der Waals surface area (Å²) in [6, 6.07) is 58.2. The Hall–Kier alpha value is -6.91. The first kappa shape index (κ1) is 35.3. The molecule has 4 nitrogen and oxygen atoms in total. The molecule has 8 aromatic carbocycles. The molecule has 0 saturated heterocycles. The summed E-state index contributed by atoms with van der Waals surface area (Å²) in [5.74, 6) is 1.92. The molecular formula is C55H43N3O. The van der Waals surface area contributed by atoms with Crippen LogP contribution in [0.4, 0.5) is 0 Å². The molecule has 284 valence electrons. The molecule has 0 amide bonds. The first-order chi connectivity index (χ1) is 28.7. The van der Waals surface area contributed by atoms with Gasteiger partial charge in [0.2, 0.25) is 0 Å². The normalized spacial score (nSPS) is 14.6. The highest BCUT2D eigenvalue weighted by Gasteiger charge is 2.37. The SMILES string of the molecule is CC1(C)CCC(C)(C)c2cc(-c3ccc(-c4nc(-c5ccc6ccccc6c5)nc(-c5ccc(-c6cccc7oc8ccccc8c67)c6ccccc56)n4)cc3)ccc21. The van der Waals surface area contributed by atoms with E-state index < -0.39 is 0 Å². The lowest BCUT2D eigenvalue weighted by Gasteiger charge is -2.42. The maximum Gasteiger partial charge on any atom is 0.164 e. The summed E-state index contributed by atoms with van der Waals surface area (Å²) in [5, 5.41) is 6.75. The van der Waals surface area contributed by atoms with Crippen LogP contribution in [0.1, 0.15) is 51.7 Å². The van der Waals surface area contributed by atoms with E-state index in [1.54, 1.807) is 0 Å². The van der Waals surface area contributed by atoms with Gasteiger partial charge in [-0.15, -0.1) is 0 Å². The van der Waals surface area contributed by atoms with Crippen LogP contribution in [0.25, 0.3) is 99.9 Å². The first-order valence-electron chi connectivity index (χ1n) is 20.6. The number of hydrogen-bond acceptors (Lipinski definition) is 4. The molecular weight excluding hydrogens is 719 g/mol. The fourth-order valence-electron chi connectivity index (χ4n) is 9.39. The van der Waals surface area contributed by atoms with Gasteiger partial charge in [0.15, 0.2) is 17.5 Å². The molecule has 0 unspecified atom stereocenters. The lowest BCUT2D eigenvalue weighted by Crippen LogP contribution is -2.33. The van der Waals surface area contributed by atoms with E-state index in [1.165, 1.54) is 40.5 Å². The van der Waals surface area contributed by atoms with Gasteiger partial charge in [-0.25, -0.2) is 15.0 Å². The summed E-state index contributed by atoms with van der Waals surface area (Å²) >= 11 is 0. The summed E-state index contributed by atoms with van der Waals surface area (Å²) in [7, 11) is 0. The molecule has 0 N–H and O–H groups in total. The maximum atomic E-state index is 6.30. The van der Waals surface area contributed by atoms with Crippen molar-refractivity contribution < 1.29 is 4.42 Å². The van der Waals surface area contributed by atoms with E-state index in [4.69, 9.17) is 19.4 Å². The molecule has 0 bridgehead atoms. The van der Waals surface area contributed by atoms with Gasteiger partial charge >= 0.3 is 0 Å². The predicted molar refractivity (Wildman–Crippen MR) is 245 cm³/mol. The van der Waals surface area contributed by atoms with Gasteiger partial charge in [-0.3, -0.25) is 0 Å². The smallest absolute Gasteiger partial charge is 0.164 e. The molecule has 1 aliphatic rings. The Morgan fingerprint density at radius 1 is 0.390 bits per heavy atom. The van der Waals surface area contributed by atoms with Crippen molar-refractivity contribution in [2.45, 2.75) is 51.4 Å². The summed E-state index contributed by atoms with van der Waals surface area (Å²) < 4.78 is 6.30. The molecule has 0 saturated carbocycles. The van der Waals surface area contributed by atoms with Crippen molar-refractivity contribution in [1.29, 1.82) is 0 Å². The van der Waals surface area contributed by atoms with Crippen LogP contribution in [0.2, 0.25) is 0 Å². The van der Waals surface area contributed by atoms with Gasteiger partial charge < -0.3 is 4.42 Å². The number of rotatable bonds is 5. The van der Waals surface area contributed by atoms with Crippen LogP contribution < -0.4 is 0 Å². The molecule has 11 rings (SSSR count). The summed E-state index contributed by atoms with van der Waals surface area (Å²) in [6.45, 7) is 9.53. The number of benzene rings is 8. The molecule has 1 aliphatic carbocycles. The van der Waals surface area contributed by atoms with Crippen LogP contribution >= 0.6 is 0 Å². The Balaban J connectivity index is 1.06. The monoisotopic (exact) mass is 761 g/mol. The van der Waals surface area contributed by atoms with Gasteiger partial charge in [0, 0.05) is 27.5 Å². The zero-order valence-corrected chi connectivity index (χ0v) is 33.8. The van der Waals surface area contributed by atoms with Crippen LogP contribution in [0, 0.1) is 0 Å². The molecule has 4 heteroatoms. The first-order valence-corrected chi connectivity index (χ1v) is 20.6. The second-order valence-electron chi connectivity index (χ2n) is 17.5. The Bertz CT molecular complexity index is 3280. The molecule has 10 aromatic rings. The highest BCUT2D eigenvalue weighted by atomic mass is 16.3. The van der Waals surface area contributed by atoms with Crippen molar-refractivity contribution in [3.63, 3.8) is 0 Å². The number of nitrogens with zero attached hydrogens (tertiary/aromatic N) is 3. The summed E-state index contributed by atoms with van der Waals surface area (Å²) in [6.07, 6.45) is 2.39. The standard InChI is InChI=1S/C55H43N3O/c1-54(2)30-31-55(3,4)47-33-38(26-29-46(47)54)35-20-23-36(24-21-35)51-56-52(39-25-22-34-12-5-6-13-37(34)32-39)58-53(57-51)44-28-27-42(40-14-7-8-15-41(40)44)43-17-11-19-49-50(43)45-16-9-10-18-48(45)59-49/h5-29,32-33H,30-31H2,1-4H3. The van der Waals surface area contributed by atoms with Gasteiger partial charge in [0.1, 0.15) is 11.2 Å². The Morgan fingerprint density at radius 2 is 0.966 bits per heavy atom. The highest BCUT2D eigenvalue weighted by molar-refractivity contribution is 6.16. The fourth-order valence-corrected chi connectivity index (χ4v) is 9.39. The van der Waals surface area contributed by atoms with Crippen LogP contribution in [0.15, 0.2) is 168 Å². The average Bonchev–Trinajstić information content (AvgIpc) is 3.66. The number of aromatic nitrogens is 3. The minimum atomic E-state index is 0.143. The lowest BCUT2D eigenvalue weighted by molar-refractivity contribution is 0.332. The van der Waals surface area contributed by atoms with Crippen LogP contribution in [0.5, 0.6) is 0 Å². The molecule has 0 atom stereocenters. The second kappa shape index (κ2) is 13.3. The Labute approximate surface area is 344 Å². The topological polar surface area (TPSA) is 51.8 Å². The van der Waals surface area contributed by atoms with Gasteiger partial charge in [0.05, 0.1) is 0 Å². The average molecular weight is 762 g/mol. The van der Waals surface area contributed by atoms with Crippen LogP contribution in [-0.4, -0.2) is 15.0 Å². The van der Waals surface area contributed by atoms with Crippen molar-refractivity contribution in [3.8, 4) is 56.4 Å². The zero-order valence-electron chi connectivity index (χ0n) is 33.8. The molecule has 2 heterocycles. The van der Waals surface area contributed by atoms with Crippen LogP contribution in [0.3, 0.4) is 0 Å². The Kier molecular flexibility index (Phi) is 7.96. The molecule has 0 radical (unpaired) electrons. The minimum Gasteiger partial charge on any atom is -0.456 e. The van der Waals surface area contributed by atoms with E-state index in [-0.39, 0.29) is 10.8 Å².